The van der Waals surface area contributed by atoms with Crippen molar-refractivity contribution < 1.29 is 23.9 Å². The number of carbonyl (C=O) groups excluding carboxylic acids is 4. The van der Waals surface area contributed by atoms with Gasteiger partial charge in [-0.2, -0.15) is 0 Å². The van der Waals surface area contributed by atoms with Gasteiger partial charge in [-0.1, -0.05) is 19.1 Å². The summed E-state index contributed by atoms with van der Waals surface area (Å²) in [6, 6.07) is 6.97. The molecule has 0 aliphatic carbocycles. The summed E-state index contributed by atoms with van der Waals surface area (Å²) in [4.78, 5) is 56.8. The molecule has 2 atom stereocenters. The standard InChI is InChI=1S/C23H29N3O5/c1-3-16-9-7-8-14-24(16)20(28)15-31-22(30)23-13-12-19(27)26(23)18-11-6-5-10-17(18)21(29)25(23)4-2/h5-6,10-11,16H,3-4,7-9,12-15H2,1-2H3/t16-,23+/m0/s1. The highest BCUT2D eigenvalue weighted by Gasteiger charge is 2.61. The third kappa shape index (κ3) is 3.28. The molecule has 0 aromatic heterocycles. The molecule has 8 heteroatoms. The van der Waals surface area contributed by atoms with Crippen LogP contribution in [0.4, 0.5) is 5.69 Å². The van der Waals surface area contributed by atoms with E-state index in [4.69, 9.17) is 4.74 Å². The molecule has 1 aromatic carbocycles. The maximum Gasteiger partial charge on any atom is 0.354 e. The van der Waals surface area contributed by atoms with E-state index in [1.165, 1.54) is 9.80 Å². The van der Waals surface area contributed by atoms with Gasteiger partial charge in [-0.3, -0.25) is 19.3 Å². The van der Waals surface area contributed by atoms with Crippen molar-refractivity contribution in [2.75, 3.05) is 24.6 Å². The molecule has 0 spiro atoms. The number of hydrogen-bond acceptors (Lipinski definition) is 5. The van der Waals surface area contributed by atoms with Gasteiger partial charge in [-0.05, 0) is 44.7 Å². The molecule has 3 aliphatic rings. The first-order chi connectivity index (χ1) is 15.0. The minimum Gasteiger partial charge on any atom is -0.452 e. The van der Waals surface area contributed by atoms with E-state index in [2.05, 4.69) is 0 Å². The molecule has 0 radical (unpaired) electrons. The first kappa shape index (κ1) is 21.3. The Morgan fingerprint density at radius 3 is 2.68 bits per heavy atom. The van der Waals surface area contributed by atoms with Gasteiger partial charge in [0, 0.05) is 32.0 Å². The minimum atomic E-state index is -1.54. The lowest BCUT2D eigenvalue weighted by molar-refractivity contribution is -0.163. The van der Waals surface area contributed by atoms with Crippen molar-refractivity contribution in [2.24, 2.45) is 0 Å². The number of anilines is 1. The lowest BCUT2D eigenvalue weighted by Crippen LogP contribution is -2.68. The summed E-state index contributed by atoms with van der Waals surface area (Å²) in [6.45, 7) is 4.34. The third-order valence-electron chi connectivity index (χ3n) is 6.76. The number of hydrogen-bond donors (Lipinski definition) is 0. The van der Waals surface area contributed by atoms with Crippen LogP contribution in [0.1, 0.15) is 62.7 Å². The van der Waals surface area contributed by atoms with Gasteiger partial charge in [0.25, 0.3) is 11.8 Å². The van der Waals surface area contributed by atoms with Crippen molar-refractivity contribution in [3.63, 3.8) is 0 Å². The molecular weight excluding hydrogens is 398 g/mol. The summed E-state index contributed by atoms with van der Waals surface area (Å²) < 4.78 is 5.52. The zero-order valence-corrected chi connectivity index (χ0v) is 18.1. The lowest BCUT2D eigenvalue weighted by atomic mass is 9.96. The van der Waals surface area contributed by atoms with E-state index in [9.17, 15) is 19.2 Å². The fourth-order valence-electron chi connectivity index (χ4n) is 5.25. The summed E-state index contributed by atoms with van der Waals surface area (Å²) in [7, 11) is 0. The quantitative estimate of drug-likeness (QED) is 0.673. The average molecular weight is 428 g/mol. The van der Waals surface area contributed by atoms with Crippen molar-refractivity contribution >= 4 is 29.4 Å². The zero-order chi connectivity index (χ0) is 22.2. The molecule has 0 N–H and O–H groups in total. The number of carbonyl (C=O) groups is 4. The van der Waals surface area contributed by atoms with Crippen LogP contribution < -0.4 is 4.90 Å². The molecule has 2 fully saturated rings. The minimum absolute atomic E-state index is 0.130. The second-order valence-electron chi connectivity index (χ2n) is 8.33. The van der Waals surface area contributed by atoms with E-state index < -0.39 is 11.6 Å². The molecule has 3 amide bonds. The predicted octanol–water partition coefficient (Wildman–Crippen LogP) is 2.32. The number of likely N-dealkylation sites (N-methyl/N-ethyl adjacent to an activating group) is 1. The maximum atomic E-state index is 13.4. The fourth-order valence-corrected chi connectivity index (χ4v) is 5.25. The van der Waals surface area contributed by atoms with Crippen LogP contribution >= 0.6 is 0 Å². The topological polar surface area (TPSA) is 87.2 Å². The van der Waals surface area contributed by atoms with Gasteiger partial charge in [0.15, 0.2) is 6.61 Å². The molecule has 2 saturated heterocycles. The Labute approximate surface area is 182 Å². The Hall–Kier alpha value is -2.90. The number of amides is 3. The van der Waals surface area contributed by atoms with E-state index in [0.717, 1.165) is 25.7 Å². The Morgan fingerprint density at radius 2 is 1.94 bits per heavy atom. The van der Waals surface area contributed by atoms with E-state index >= 15 is 0 Å². The molecule has 0 bridgehead atoms. The number of benzene rings is 1. The highest BCUT2D eigenvalue weighted by Crippen LogP contribution is 2.44. The fraction of sp³-hybridized carbons (Fsp3) is 0.565. The van der Waals surface area contributed by atoms with Crippen molar-refractivity contribution in [3.05, 3.63) is 29.8 Å². The van der Waals surface area contributed by atoms with Gasteiger partial charge in [0.05, 0.1) is 11.3 Å². The molecule has 0 unspecified atom stereocenters. The van der Waals surface area contributed by atoms with Gasteiger partial charge in [0.1, 0.15) is 0 Å². The number of esters is 1. The van der Waals surface area contributed by atoms with Crippen molar-refractivity contribution in [2.45, 2.75) is 64.1 Å². The van der Waals surface area contributed by atoms with Gasteiger partial charge in [-0.25, -0.2) is 4.79 Å². The van der Waals surface area contributed by atoms with Crippen LogP contribution in [0.2, 0.25) is 0 Å². The Balaban J connectivity index is 1.60. The van der Waals surface area contributed by atoms with Gasteiger partial charge < -0.3 is 14.5 Å². The smallest absolute Gasteiger partial charge is 0.354 e. The molecule has 0 saturated carbocycles. The van der Waals surface area contributed by atoms with E-state index in [1.807, 2.05) is 6.92 Å². The van der Waals surface area contributed by atoms with Gasteiger partial charge in [-0.15, -0.1) is 0 Å². The largest absolute Gasteiger partial charge is 0.452 e. The van der Waals surface area contributed by atoms with Crippen molar-refractivity contribution in [1.29, 1.82) is 0 Å². The Kier molecular flexibility index (Phi) is 5.73. The first-order valence-corrected chi connectivity index (χ1v) is 11.2. The Morgan fingerprint density at radius 1 is 1.16 bits per heavy atom. The molecule has 3 aliphatic heterocycles. The number of likely N-dealkylation sites (tertiary alicyclic amines) is 1. The summed E-state index contributed by atoms with van der Waals surface area (Å²) in [5.41, 5.74) is -0.730. The normalized spacial score (nSPS) is 25.4. The number of ether oxygens (including phenoxy) is 1. The monoisotopic (exact) mass is 427 g/mol. The number of fused-ring (bicyclic) bond motifs is 3. The van der Waals surface area contributed by atoms with Crippen molar-refractivity contribution in [1.82, 2.24) is 9.80 Å². The second-order valence-corrected chi connectivity index (χ2v) is 8.33. The maximum absolute atomic E-state index is 13.4. The van der Waals surface area contributed by atoms with Gasteiger partial charge in [0.2, 0.25) is 11.6 Å². The average Bonchev–Trinajstić information content (AvgIpc) is 3.15. The summed E-state index contributed by atoms with van der Waals surface area (Å²) >= 11 is 0. The number of rotatable bonds is 5. The third-order valence-corrected chi connectivity index (χ3v) is 6.76. The predicted molar refractivity (Wildman–Crippen MR) is 113 cm³/mol. The number of nitrogens with zero attached hydrogens (tertiary/aromatic N) is 3. The highest BCUT2D eigenvalue weighted by atomic mass is 16.5. The van der Waals surface area contributed by atoms with Crippen LogP contribution in [-0.2, 0) is 19.1 Å². The number of piperidine rings is 1. The molecule has 4 rings (SSSR count). The number of para-hydroxylation sites is 1. The summed E-state index contributed by atoms with van der Waals surface area (Å²) in [5.74, 6) is -1.49. The SMILES string of the molecule is CC[C@H]1CCCCN1C(=O)COC(=O)[C@@]12CCC(=O)N1c1ccccc1C(=O)N2CC. The molecule has 8 nitrogen and oxygen atoms in total. The van der Waals surface area contributed by atoms with Gasteiger partial charge >= 0.3 is 5.97 Å². The van der Waals surface area contributed by atoms with Crippen LogP contribution in [0.25, 0.3) is 0 Å². The van der Waals surface area contributed by atoms with Crippen molar-refractivity contribution in [3.8, 4) is 0 Å². The van der Waals surface area contributed by atoms with Crippen LogP contribution in [0, 0.1) is 0 Å². The Bertz CT molecular complexity index is 916. The van der Waals surface area contributed by atoms with Crippen LogP contribution in [-0.4, -0.2) is 64.9 Å². The van der Waals surface area contributed by atoms with E-state index in [1.54, 1.807) is 36.1 Å². The summed E-state index contributed by atoms with van der Waals surface area (Å²) in [5, 5.41) is 0. The molecule has 3 heterocycles. The molecule has 1 aromatic rings. The second kappa shape index (κ2) is 8.32. The van der Waals surface area contributed by atoms with E-state index in [0.29, 0.717) is 17.8 Å². The highest BCUT2D eigenvalue weighted by molar-refractivity contribution is 6.15. The van der Waals surface area contributed by atoms with Crippen LogP contribution in [0.3, 0.4) is 0 Å². The molecule has 31 heavy (non-hydrogen) atoms. The van der Waals surface area contributed by atoms with Crippen LogP contribution in [0.15, 0.2) is 24.3 Å². The van der Waals surface area contributed by atoms with E-state index in [-0.39, 0.29) is 49.8 Å². The summed E-state index contributed by atoms with van der Waals surface area (Å²) in [6.07, 6.45) is 4.13. The first-order valence-electron chi connectivity index (χ1n) is 11.2. The zero-order valence-electron chi connectivity index (χ0n) is 18.1. The lowest BCUT2D eigenvalue weighted by Gasteiger charge is -2.48. The van der Waals surface area contributed by atoms with Crippen LogP contribution in [0.5, 0.6) is 0 Å². The molecule has 166 valence electrons. The molecular formula is C23H29N3O5.